The summed E-state index contributed by atoms with van der Waals surface area (Å²) >= 11 is 5.94. The van der Waals surface area contributed by atoms with Gasteiger partial charge in [0, 0.05) is 23.7 Å². The second-order valence-corrected chi connectivity index (χ2v) is 4.82. The van der Waals surface area contributed by atoms with Gasteiger partial charge in [-0.3, -0.25) is 4.99 Å². The molecule has 0 spiro atoms. The van der Waals surface area contributed by atoms with Gasteiger partial charge in [0.2, 0.25) is 11.7 Å². The molecule has 6 nitrogen and oxygen atoms in total. The average molecular weight is 420 g/mol. The maximum Gasteiger partial charge on any atom is 0.246 e. The minimum Gasteiger partial charge on any atom is -0.356 e. The van der Waals surface area contributed by atoms with E-state index in [0.717, 1.165) is 31.0 Å². The zero-order chi connectivity index (χ0) is 13.8. The molecular formula is C13H15ClIN5O. The van der Waals surface area contributed by atoms with Crippen LogP contribution in [0.25, 0.3) is 11.4 Å². The van der Waals surface area contributed by atoms with E-state index in [1.54, 1.807) is 12.1 Å². The minimum atomic E-state index is 0. The lowest BCUT2D eigenvalue weighted by Crippen LogP contribution is -2.40. The number of hydrogen-bond donors (Lipinski definition) is 2. The van der Waals surface area contributed by atoms with Gasteiger partial charge in [-0.2, -0.15) is 4.98 Å². The summed E-state index contributed by atoms with van der Waals surface area (Å²) in [6.45, 7) is 2.22. The summed E-state index contributed by atoms with van der Waals surface area (Å²) < 4.78 is 5.20. The fraction of sp³-hybridized carbons (Fsp3) is 0.308. The molecule has 0 amide bonds. The van der Waals surface area contributed by atoms with E-state index in [-0.39, 0.29) is 24.0 Å². The lowest BCUT2D eigenvalue weighted by molar-refractivity contribution is 0.375. The Bertz CT molecular complexity index is 631. The molecule has 112 valence electrons. The van der Waals surface area contributed by atoms with Crippen LogP contribution in [0.3, 0.4) is 0 Å². The summed E-state index contributed by atoms with van der Waals surface area (Å²) in [6.07, 6.45) is 1.06. The number of aromatic nitrogens is 2. The van der Waals surface area contributed by atoms with Crippen molar-refractivity contribution in [2.75, 3.05) is 13.1 Å². The van der Waals surface area contributed by atoms with Gasteiger partial charge < -0.3 is 15.2 Å². The maximum absolute atomic E-state index is 5.94. The van der Waals surface area contributed by atoms with E-state index < -0.39 is 0 Å². The zero-order valence-corrected chi connectivity index (χ0v) is 14.3. The fourth-order valence-electron chi connectivity index (χ4n) is 1.88. The Kier molecular flexibility index (Phi) is 5.80. The van der Waals surface area contributed by atoms with Crippen LogP contribution >= 0.6 is 35.6 Å². The zero-order valence-electron chi connectivity index (χ0n) is 11.2. The fourth-order valence-corrected chi connectivity index (χ4v) is 2.07. The average Bonchev–Trinajstić information content (AvgIpc) is 2.95. The molecule has 0 atom stereocenters. The van der Waals surface area contributed by atoms with Crippen LogP contribution in [0.15, 0.2) is 33.8 Å². The SMILES string of the molecule is Clc1cccc(-c2noc(CNC3=NCCCN3)n2)c1.I. The molecule has 0 bridgehead atoms. The second-order valence-electron chi connectivity index (χ2n) is 4.39. The van der Waals surface area contributed by atoms with E-state index in [1.807, 2.05) is 12.1 Å². The number of halogens is 2. The molecule has 1 aromatic carbocycles. The lowest BCUT2D eigenvalue weighted by Gasteiger charge is -2.14. The Labute approximate surface area is 144 Å². The monoisotopic (exact) mass is 419 g/mol. The van der Waals surface area contributed by atoms with Crippen molar-refractivity contribution in [2.45, 2.75) is 13.0 Å². The Morgan fingerprint density at radius 2 is 2.29 bits per heavy atom. The molecule has 0 saturated carbocycles. The molecule has 1 aliphatic rings. The smallest absolute Gasteiger partial charge is 0.246 e. The standard InChI is InChI=1S/C13H14ClN5O.HI/c14-10-4-1-3-9(7-10)12-18-11(20-19-12)8-17-13-15-5-2-6-16-13;/h1,3-4,7H,2,5-6,8H2,(H2,15,16,17);1H. The van der Waals surface area contributed by atoms with Gasteiger partial charge in [-0.1, -0.05) is 28.9 Å². The Hall–Kier alpha value is -1.35. The number of nitrogens with one attached hydrogen (secondary N) is 2. The van der Waals surface area contributed by atoms with E-state index in [4.69, 9.17) is 16.1 Å². The Morgan fingerprint density at radius 1 is 1.38 bits per heavy atom. The number of hydrogen-bond acceptors (Lipinski definition) is 6. The first kappa shape index (κ1) is 16.0. The van der Waals surface area contributed by atoms with Crippen molar-refractivity contribution in [3.63, 3.8) is 0 Å². The summed E-state index contributed by atoms with van der Waals surface area (Å²) in [5.74, 6) is 1.82. The molecule has 0 fully saturated rings. The predicted octanol–water partition coefficient (Wildman–Crippen LogP) is 2.45. The normalized spacial score (nSPS) is 13.9. The highest BCUT2D eigenvalue weighted by atomic mass is 127. The highest BCUT2D eigenvalue weighted by Crippen LogP contribution is 2.19. The van der Waals surface area contributed by atoms with Crippen LogP contribution in [0.1, 0.15) is 12.3 Å². The second kappa shape index (κ2) is 7.60. The van der Waals surface area contributed by atoms with Crippen molar-refractivity contribution in [3.05, 3.63) is 35.2 Å². The van der Waals surface area contributed by atoms with Gasteiger partial charge in [0.25, 0.3) is 0 Å². The van der Waals surface area contributed by atoms with Crippen molar-refractivity contribution < 1.29 is 4.52 Å². The molecule has 1 aliphatic heterocycles. The van der Waals surface area contributed by atoms with E-state index in [2.05, 4.69) is 25.8 Å². The molecule has 8 heteroatoms. The molecule has 2 aromatic rings. The molecule has 2 heterocycles. The first-order valence-electron chi connectivity index (χ1n) is 6.42. The summed E-state index contributed by atoms with van der Waals surface area (Å²) in [5.41, 5.74) is 0.834. The van der Waals surface area contributed by atoms with Gasteiger partial charge in [-0.05, 0) is 18.6 Å². The third kappa shape index (κ3) is 4.31. The minimum absolute atomic E-state index is 0. The largest absolute Gasteiger partial charge is 0.356 e. The van der Waals surface area contributed by atoms with Gasteiger partial charge in [-0.25, -0.2) is 0 Å². The van der Waals surface area contributed by atoms with Gasteiger partial charge in [-0.15, -0.1) is 24.0 Å². The van der Waals surface area contributed by atoms with Gasteiger partial charge >= 0.3 is 0 Å². The van der Waals surface area contributed by atoms with Crippen molar-refractivity contribution in [1.29, 1.82) is 0 Å². The number of rotatable bonds is 3. The van der Waals surface area contributed by atoms with Gasteiger partial charge in [0.1, 0.15) is 0 Å². The van der Waals surface area contributed by atoms with Crippen molar-refractivity contribution in [3.8, 4) is 11.4 Å². The van der Waals surface area contributed by atoms with Crippen LogP contribution in [0.4, 0.5) is 0 Å². The predicted molar refractivity (Wildman–Crippen MR) is 91.9 cm³/mol. The first-order chi connectivity index (χ1) is 9.81. The molecule has 0 radical (unpaired) electrons. The van der Waals surface area contributed by atoms with Gasteiger partial charge in [0.15, 0.2) is 5.96 Å². The van der Waals surface area contributed by atoms with Crippen LogP contribution in [-0.4, -0.2) is 29.2 Å². The van der Waals surface area contributed by atoms with Crippen LogP contribution < -0.4 is 10.6 Å². The molecule has 0 unspecified atom stereocenters. The van der Waals surface area contributed by atoms with Crippen LogP contribution in [-0.2, 0) is 6.54 Å². The van der Waals surface area contributed by atoms with E-state index in [9.17, 15) is 0 Å². The molecule has 2 N–H and O–H groups in total. The Morgan fingerprint density at radius 3 is 3.05 bits per heavy atom. The van der Waals surface area contributed by atoms with Crippen molar-refractivity contribution in [2.24, 2.45) is 4.99 Å². The number of guanidine groups is 1. The highest BCUT2D eigenvalue weighted by Gasteiger charge is 2.10. The maximum atomic E-state index is 5.94. The highest BCUT2D eigenvalue weighted by molar-refractivity contribution is 14.0. The lowest BCUT2D eigenvalue weighted by atomic mass is 10.2. The third-order valence-electron chi connectivity index (χ3n) is 2.86. The summed E-state index contributed by atoms with van der Waals surface area (Å²) in [6, 6.07) is 7.35. The number of nitrogens with zero attached hydrogens (tertiary/aromatic N) is 3. The Balaban J connectivity index is 0.00000161. The molecule has 21 heavy (non-hydrogen) atoms. The summed E-state index contributed by atoms with van der Waals surface area (Å²) in [7, 11) is 0. The third-order valence-corrected chi connectivity index (χ3v) is 3.09. The molecule has 1 aromatic heterocycles. The number of aliphatic imine (C=N–C) groups is 1. The summed E-state index contributed by atoms with van der Waals surface area (Å²) in [4.78, 5) is 8.63. The van der Waals surface area contributed by atoms with E-state index >= 15 is 0 Å². The van der Waals surface area contributed by atoms with Crippen LogP contribution in [0.5, 0.6) is 0 Å². The van der Waals surface area contributed by atoms with Gasteiger partial charge in [0.05, 0.1) is 6.54 Å². The topological polar surface area (TPSA) is 75.3 Å². The van der Waals surface area contributed by atoms with Crippen molar-refractivity contribution in [1.82, 2.24) is 20.8 Å². The van der Waals surface area contributed by atoms with Crippen LogP contribution in [0.2, 0.25) is 5.02 Å². The first-order valence-corrected chi connectivity index (χ1v) is 6.80. The quantitative estimate of drug-likeness (QED) is 0.748. The van der Waals surface area contributed by atoms with Crippen molar-refractivity contribution >= 4 is 41.5 Å². The van der Waals surface area contributed by atoms with E-state index in [1.165, 1.54) is 0 Å². The molecule has 0 saturated heterocycles. The molecule has 3 rings (SSSR count). The molecular weight excluding hydrogens is 405 g/mol. The number of benzene rings is 1. The van der Waals surface area contributed by atoms with Crippen LogP contribution in [0, 0.1) is 0 Å². The van der Waals surface area contributed by atoms with E-state index in [0.29, 0.717) is 23.3 Å². The summed E-state index contributed by atoms with van der Waals surface area (Å²) in [5, 5.41) is 10.9. The molecule has 0 aliphatic carbocycles.